The molecule has 0 fully saturated rings. The number of hydrogen-bond acceptors (Lipinski definition) is 7. The van der Waals surface area contributed by atoms with Crippen LogP contribution in [0.2, 0.25) is 0 Å². The molecule has 4 atom stereocenters. The molecule has 12 heteroatoms. The van der Waals surface area contributed by atoms with E-state index in [0.717, 1.165) is 0 Å². The first kappa shape index (κ1) is 28.5. The lowest BCUT2D eigenvalue weighted by atomic mass is 10.0. The molecule has 1 rings (SSSR count). The van der Waals surface area contributed by atoms with Gasteiger partial charge in [-0.1, -0.05) is 44.2 Å². The molecule has 34 heavy (non-hydrogen) atoms. The predicted octanol–water partition coefficient (Wildman–Crippen LogP) is -1.99. The van der Waals surface area contributed by atoms with Gasteiger partial charge in [-0.25, -0.2) is 4.79 Å². The lowest BCUT2D eigenvalue weighted by molar-refractivity contribution is -0.142. The highest BCUT2D eigenvalue weighted by atomic mass is 16.4. The molecule has 12 nitrogen and oxygen atoms in total. The maximum Gasteiger partial charge on any atom is 0.326 e. The topological polar surface area (TPSA) is 214 Å². The Morgan fingerprint density at radius 3 is 2.00 bits per heavy atom. The van der Waals surface area contributed by atoms with Crippen LogP contribution in [0.3, 0.4) is 0 Å². The zero-order valence-electron chi connectivity index (χ0n) is 19.2. The molecule has 0 aromatic heterocycles. The van der Waals surface area contributed by atoms with E-state index in [4.69, 9.17) is 11.5 Å². The van der Waals surface area contributed by atoms with Crippen LogP contribution in [0, 0.1) is 5.92 Å². The van der Waals surface area contributed by atoms with Gasteiger partial charge in [-0.05, 0) is 17.9 Å². The van der Waals surface area contributed by atoms with Crippen molar-refractivity contribution in [2.45, 2.75) is 57.3 Å². The summed E-state index contributed by atoms with van der Waals surface area (Å²) in [5.74, 6) is -4.69. The predicted molar refractivity (Wildman–Crippen MR) is 122 cm³/mol. The number of amides is 4. The quantitative estimate of drug-likeness (QED) is 0.158. The van der Waals surface area contributed by atoms with Crippen molar-refractivity contribution in [1.29, 1.82) is 0 Å². The van der Waals surface area contributed by atoms with E-state index in [1.807, 2.05) is 0 Å². The van der Waals surface area contributed by atoms with Crippen LogP contribution in [-0.4, -0.2) is 70.6 Å². The van der Waals surface area contributed by atoms with Gasteiger partial charge in [0.2, 0.25) is 23.6 Å². The monoisotopic (exact) mass is 479 g/mol. The summed E-state index contributed by atoms with van der Waals surface area (Å²) in [6, 6.07) is 3.81. The van der Waals surface area contributed by atoms with E-state index in [9.17, 15) is 34.2 Å². The number of carbonyl (C=O) groups excluding carboxylic acids is 4. The number of carboxylic acid groups (broad SMARTS) is 1. The van der Waals surface area contributed by atoms with Crippen molar-refractivity contribution in [3.63, 3.8) is 0 Å². The minimum atomic E-state index is -1.42. The average molecular weight is 480 g/mol. The number of hydrogen-bond donors (Lipinski definition) is 7. The van der Waals surface area contributed by atoms with Gasteiger partial charge in [0.1, 0.15) is 18.1 Å². The lowest BCUT2D eigenvalue weighted by Crippen LogP contribution is -2.59. The molecular formula is C22H33N5O7. The number of aliphatic carboxylic acids is 1. The second-order valence-corrected chi connectivity index (χ2v) is 8.17. The number of carboxylic acids is 1. The molecule has 0 aliphatic carbocycles. The number of nitrogens with one attached hydrogen (secondary N) is 3. The number of nitrogens with two attached hydrogens (primary N) is 2. The molecule has 1 aromatic carbocycles. The Labute approximate surface area is 197 Å². The van der Waals surface area contributed by atoms with Crippen LogP contribution in [0.5, 0.6) is 0 Å². The maximum atomic E-state index is 12.8. The highest BCUT2D eigenvalue weighted by Crippen LogP contribution is 2.07. The summed E-state index contributed by atoms with van der Waals surface area (Å²) in [6.45, 7) is 2.51. The smallest absolute Gasteiger partial charge is 0.326 e. The number of carbonyl (C=O) groups is 5. The number of rotatable bonds is 14. The Bertz CT molecular complexity index is 862. The number of benzene rings is 1. The third-order valence-electron chi connectivity index (χ3n) is 5.00. The van der Waals surface area contributed by atoms with Crippen molar-refractivity contribution in [2.75, 3.05) is 6.61 Å². The van der Waals surface area contributed by atoms with Crippen LogP contribution in [0.25, 0.3) is 0 Å². The van der Waals surface area contributed by atoms with Gasteiger partial charge in [-0.2, -0.15) is 0 Å². The van der Waals surface area contributed by atoms with Crippen molar-refractivity contribution < 1.29 is 34.2 Å². The van der Waals surface area contributed by atoms with E-state index < -0.39 is 66.3 Å². The fourth-order valence-corrected chi connectivity index (χ4v) is 3.00. The third-order valence-corrected chi connectivity index (χ3v) is 5.00. The molecule has 0 saturated heterocycles. The van der Waals surface area contributed by atoms with Gasteiger partial charge >= 0.3 is 5.97 Å². The summed E-state index contributed by atoms with van der Waals surface area (Å²) >= 11 is 0. The number of aliphatic hydroxyl groups excluding tert-OH is 1. The van der Waals surface area contributed by atoms with Gasteiger partial charge in [0.25, 0.3) is 0 Å². The average Bonchev–Trinajstić information content (AvgIpc) is 2.78. The van der Waals surface area contributed by atoms with Crippen molar-refractivity contribution in [1.82, 2.24) is 16.0 Å². The molecule has 0 aliphatic rings. The molecule has 1 aromatic rings. The molecule has 4 unspecified atom stereocenters. The molecule has 0 spiro atoms. The number of aliphatic hydroxyl groups is 1. The van der Waals surface area contributed by atoms with E-state index in [1.54, 1.807) is 44.2 Å². The third kappa shape index (κ3) is 9.55. The van der Waals surface area contributed by atoms with Gasteiger partial charge in [-0.15, -0.1) is 0 Å². The molecule has 4 amide bonds. The highest BCUT2D eigenvalue weighted by Gasteiger charge is 2.31. The van der Waals surface area contributed by atoms with Crippen LogP contribution in [0.4, 0.5) is 0 Å². The van der Waals surface area contributed by atoms with Gasteiger partial charge in [-0.3, -0.25) is 19.2 Å². The normalized spacial score (nSPS) is 14.4. The zero-order valence-corrected chi connectivity index (χ0v) is 19.2. The summed E-state index contributed by atoms with van der Waals surface area (Å²) in [4.78, 5) is 60.1. The Hall–Kier alpha value is -3.51. The van der Waals surface area contributed by atoms with Crippen molar-refractivity contribution >= 4 is 29.6 Å². The minimum Gasteiger partial charge on any atom is -0.480 e. The van der Waals surface area contributed by atoms with Crippen LogP contribution < -0.4 is 27.4 Å². The molecule has 0 saturated carbocycles. The van der Waals surface area contributed by atoms with Gasteiger partial charge in [0, 0.05) is 12.8 Å². The van der Waals surface area contributed by atoms with E-state index in [1.165, 1.54) is 0 Å². The van der Waals surface area contributed by atoms with Gasteiger partial charge in [0.15, 0.2) is 0 Å². The van der Waals surface area contributed by atoms with E-state index in [-0.39, 0.29) is 19.3 Å². The van der Waals surface area contributed by atoms with Crippen LogP contribution >= 0.6 is 0 Å². The summed E-state index contributed by atoms with van der Waals surface area (Å²) in [5, 5.41) is 26.2. The fraction of sp³-hybridized carbons (Fsp3) is 0.500. The van der Waals surface area contributed by atoms with Gasteiger partial charge in [0.05, 0.1) is 12.6 Å². The SMILES string of the molecule is CC(C)C(NC(=O)C(CO)NC(=O)C(N)CCC(N)=O)C(=O)NC(Cc1ccccc1)C(=O)O. The Morgan fingerprint density at radius 2 is 1.50 bits per heavy atom. The van der Waals surface area contributed by atoms with E-state index in [0.29, 0.717) is 5.56 Å². The molecule has 9 N–H and O–H groups in total. The Kier molecular flexibility index (Phi) is 11.7. The summed E-state index contributed by atoms with van der Waals surface area (Å²) < 4.78 is 0. The maximum absolute atomic E-state index is 12.8. The first-order valence-corrected chi connectivity index (χ1v) is 10.8. The molecule has 0 bridgehead atoms. The molecular weight excluding hydrogens is 446 g/mol. The molecule has 0 aliphatic heterocycles. The molecule has 0 heterocycles. The lowest BCUT2D eigenvalue weighted by Gasteiger charge is -2.26. The van der Waals surface area contributed by atoms with Gasteiger partial charge < -0.3 is 37.6 Å². The second-order valence-electron chi connectivity index (χ2n) is 8.17. The first-order valence-electron chi connectivity index (χ1n) is 10.8. The Balaban J connectivity index is 2.82. The largest absolute Gasteiger partial charge is 0.480 e. The van der Waals surface area contributed by atoms with Crippen LogP contribution in [0.1, 0.15) is 32.3 Å². The summed E-state index contributed by atoms with van der Waals surface area (Å²) in [7, 11) is 0. The number of primary amides is 1. The molecule has 188 valence electrons. The highest BCUT2D eigenvalue weighted by molar-refractivity contribution is 5.94. The van der Waals surface area contributed by atoms with E-state index in [2.05, 4.69) is 16.0 Å². The standard InChI is InChI=1S/C22H33N5O7/c1-12(2)18(21(32)25-15(22(33)34)10-13-6-4-3-5-7-13)27-20(31)16(11-28)26-19(30)14(23)8-9-17(24)29/h3-7,12,14-16,18,28H,8-11,23H2,1-2H3,(H2,24,29)(H,25,32)(H,26,30)(H,27,31)(H,33,34). The zero-order chi connectivity index (χ0) is 25.8. The Morgan fingerprint density at radius 1 is 0.912 bits per heavy atom. The fourth-order valence-electron chi connectivity index (χ4n) is 3.00. The minimum absolute atomic E-state index is 0.0409. The summed E-state index contributed by atoms with van der Waals surface area (Å²) in [6.07, 6.45) is -0.136. The second kappa shape index (κ2) is 13.9. The van der Waals surface area contributed by atoms with Crippen LogP contribution in [-0.2, 0) is 30.4 Å². The van der Waals surface area contributed by atoms with E-state index >= 15 is 0 Å². The molecule has 0 radical (unpaired) electrons. The van der Waals surface area contributed by atoms with Crippen LogP contribution in [0.15, 0.2) is 30.3 Å². The summed E-state index contributed by atoms with van der Waals surface area (Å²) in [5.41, 5.74) is 11.4. The first-order chi connectivity index (χ1) is 16.0. The van der Waals surface area contributed by atoms with Crippen molar-refractivity contribution in [2.24, 2.45) is 17.4 Å². The van der Waals surface area contributed by atoms with Crippen molar-refractivity contribution in [3.05, 3.63) is 35.9 Å². The van der Waals surface area contributed by atoms with Crippen molar-refractivity contribution in [3.8, 4) is 0 Å².